The SMILES string of the molecule is COc1ccc(CNC(=O)CCCc2ccc(C)s2)cc1OC. The first kappa shape index (κ1) is 17.3. The first-order valence-electron chi connectivity index (χ1n) is 7.65. The molecule has 1 aromatic heterocycles. The molecule has 1 N–H and O–H groups in total. The van der Waals surface area contributed by atoms with Crippen molar-refractivity contribution in [2.24, 2.45) is 0 Å². The standard InChI is InChI=1S/C18H23NO3S/c1-13-7-9-15(23-13)5-4-6-18(20)19-12-14-8-10-16(21-2)17(11-14)22-3/h7-11H,4-6,12H2,1-3H3,(H,19,20). The van der Waals surface area contributed by atoms with Gasteiger partial charge in [0.05, 0.1) is 14.2 Å². The molecule has 0 saturated heterocycles. The van der Waals surface area contributed by atoms with Crippen LogP contribution in [-0.2, 0) is 17.8 Å². The van der Waals surface area contributed by atoms with Crippen LogP contribution in [0.1, 0.15) is 28.2 Å². The van der Waals surface area contributed by atoms with Crippen LogP contribution in [0.25, 0.3) is 0 Å². The summed E-state index contributed by atoms with van der Waals surface area (Å²) in [5.41, 5.74) is 0.991. The van der Waals surface area contributed by atoms with Crippen LogP contribution in [0.3, 0.4) is 0 Å². The molecule has 2 aromatic rings. The molecule has 0 aliphatic carbocycles. The molecule has 0 aliphatic heterocycles. The van der Waals surface area contributed by atoms with Crippen molar-refractivity contribution in [2.75, 3.05) is 14.2 Å². The summed E-state index contributed by atoms with van der Waals surface area (Å²) in [6, 6.07) is 9.92. The summed E-state index contributed by atoms with van der Waals surface area (Å²) in [5.74, 6) is 1.44. The lowest BCUT2D eigenvalue weighted by Crippen LogP contribution is -2.22. The van der Waals surface area contributed by atoms with Gasteiger partial charge in [0.15, 0.2) is 11.5 Å². The first-order chi connectivity index (χ1) is 11.1. The van der Waals surface area contributed by atoms with Gasteiger partial charge >= 0.3 is 0 Å². The van der Waals surface area contributed by atoms with Crippen LogP contribution in [0.15, 0.2) is 30.3 Å². The molecule has 0 saturated carbocycles. The fourth-order valence-electron chi connectivity index (χ4n) is 2.32. The van der Waals surface area contributed by atoms with E-state index in [1.165, 1.54) is 9.75 Å². The number of thiophene rings is 1. The summed E-state index contributed by atoms with van der Waals surface area (Å²) in [7, 11) is 3.21. The maximum Gasteiger partial charge on any atom is 0.220 e. The summed E-state index contributed by atoms with van der Waals surface area (Å²) in [4.78, 5) is 14.6. The Morgan fingerprint density at radius 1 is 1.13 bits per heavy atom. The second-order valence-electron chi connectivity index (χ2n) is 5.33. The highest BCUT2D eigenvalue weighted by Crippen LogP contribution is 2.27. The van der Waals surface area contributed by atoms with Gasteiger partial charge in [0.2, 0.25) is 5.91 Å². The van der Waals surface area contributed by atoms with Gasteiger partial charge in [0.25, 0.3) is 0 Å². The third-order valence-corrected chi connectivity index (χ3v) is 4.62. The zero-order valence-corrected chi connectivity index (χ0v) is 14.7. The molecule has 0 aliphatic rings. The summed E-state index contributed by atoms with van der Waals surface area (Å²) in [6.07, 6.45) is 2.38. The second kappa shape index (κ2) is 8.58. The average Bonchev–Trinajstić information content (AvgIpc) is 2.98. The smallest absolute Gasteiger partial charge is 0.220 e. The van der Waals surface area contributed by atoms with E-state index in [9.17, 15) is 4.79 Å². The number of hydrogen-bond acceptors (Lipinski definition) is 4. The van der Waals surface area contributed by atoms with E-state index in [4.69, 9.17) is 9.47 Å². The van der Waals surface area contributed by atoms with Crippen molar-refractivity contribution < 1.29 is 14.3 Å². The third kappa shape index (κ3) is 5.28. The maximum absolute atomic E-state index is 11.9. The van der Waals surface area contributed by atoms with Crippen LogP contribution in [-0.4, -0.2) is 20.1 Å². The number of carbonyl (C=O) groups is 1. The zero-order chi connectivity index (χ0) is 16.7. The lowest BCUT2D eigenvalue weighted by molar-refractivity contribution is -0.121. The van der Waals surface area contributed by atoms with Gasteiger partial charge in [-0.05, 0) is 49.6 Å². The van der Waals surface area contributed by atoms with E-state index in [1.54, 1.807) is 25.6 Å². The van der Waals surface area contributed by atoms with Crippen LogP contribution in [0.2, 0.25) is 0 Å². The van der Waals surface area contributed by atoms with Crippen molar-refractivity contribution in [1.29, 1.82) is 0 Å². The Morgan fingerprint density at radius 2 is 1.91 bits per heavy atom. The van der Waals surface area contributed by atoms with Crippen LogP contribution in [0.4, 0.5) is 0 Å². The highest BCUT2D eigenvalue weighted by molar-refractivity contribution is 7.11. The number of carbonyl (C=O) groups excluding carboxylic acids is 1. The van der Waals surface area contributed by atoms with E-state index in [0.29, 0.717) is 24.5 Å². The van der Waals surface area contributed by atoms with E-state index >= 15 is 0 Å². The minimum Gasteiger partial charge on any atom is -0.493 e. The number of rotatable bonds is 8. The van der Waals surface area contributed by atoms with Crippen molar-refractivity contribution in [3.63, 3.8) is 0 Å². The zero-order valence-electron chi connectivity index (χ0n) is 13.8. The lowest BCUT2D eigenvalue weighted by Gasteiger charge is -2.10. The quantitative estimate of drug-likeness (QED) is 0.801. The second-order valence-corrected chi connectivity index (χ2v) is 6.70. The molecule has 1 amide bonds. The number of amides is 1. The summed E-state index contributed by atoms with van der Waals surface area (Å²) < 4.78 is 10.5. The minimum atomic E-state index is 0.0769. The van der Waals surface area contributed by atoms with Gasteiger partial charge in [0.1, 0.15) is 0 Å². The van der Waals surface area contributed by atoms with Crippen LogP contribution in [0.5, 0.6) is 11.5 Å². The molecule has 0 unspecified atom stereocenters. The van der Waals surface area contributed by atoms with Gasteiger partial charge < -0.3 is 14.8 Å². The van der Waals surface area contributed by atoms with E-state index in [0.717, 1.165) is 18.4 Å². The van der Waals surface area contributed by atoms with Crippen molar-refractivity contribution in [1.82, 2.24) is 5.32 Å². The molecule has 0 spiro atoms. The van der Waals surface area contributed by atoms with Crippen LogP contribution in [0, 0.1) is 6.92 Å². The van der Waals surface area contributed by atoms with Crippen molar-refractivity contribution in [2.45, 2.75) is 32.7 Å². The molecule has 23 heavy (non-hydrogen) atoms. The Kier molecular flexibility index (Phi) is 6.47. The molecule has 1 heterocycles. The maximum atomic E-state index is 11.9. The molecular weight excluding hydrogens is 310 g/mol. The number of nitrogens with one attached hydrogen (secondary N) is 1. The van der Waals surface area contributed by atoms with E-state index in [-0.39, 0.29) is 5.91 Å². The predicted molar refractivity (Wildman–Crippen MR) is 93.4 cm³/mol. The number of hydrogen-bond donors (Lipinski definition) is 1. The largest absolute Gasteiger partial charge is 0.493 e. The molecular formula is C18H23NO3S. The summed E-state index contributed by atoms with van der Waals surface area (Å²) in [6.45, 7) is 2.60. The Labute approximate surface area is 141 Å². The Morgan fingerprint density at radius 3 is 2.57 bits per heavy atom. The minimum absolute atomic E-state index is 0.0769. The van der Waals surface area contributed by atoms with E-state index in [1.807, 2.05) is 18.2 Å². The van der Waals surface area contributed by atoms with E-state index in [2.05, 4.69) is 24.4 Å². The normalized spacial score (nSPS) is 10.4. The number of methoxy groups -OCH3 is 2. The number of benzene rings is 1. The molecule has 5 heteroatoms. The van der Waals surface area contributed by atoms with Gasteiger partial charge in [0, 0.05) is 22.7 Å². The molecule has 124 valence electrons. The summed E-state index contributed by atoms with van der Waals surface area (Å²) >= 11 is 1.80. The highest BCUT2D eigenvalue weighted by atomic mass is 32.1. The summed E-state index contributed by atoms with van der Waals surface area (Å²) in [5, 5.41) is 2.95. The van der Waals surface area contributed by atoms with E-state index < -0.39 is 0 Å². The number of ether oxygens (including phenoxy) is 2. The van der Waals surface area contributed by atoms with Gasteiger partial charge in [-0.3, -0.25) is 4.79 Å². The van der Waals surface area contributed by atoms with Crippen molar-refractivity contribution >= 4 is 17.2 Å². The third-order valence-electron chi connectivity index (χ3n) is 3.56. The Hall–Kier alpha value is -2.01. The molecule has 0 fully saturated rings. The van der Waals surface area contributed by atoms with Crippen molar-refractivity contribution in [3.05, 3.63) is 45.6 Å². The van der Waals surface area contributed by atoms with Gasteiger partial charge in [-0.25, -0.2) is 0 Å². The highest BCUT2D eigenvalue weighted by Gasteiger charge is 2.06. The van der Waals surface area contributed by atoms with Crippen LogP contribution < -0.4 is 14.8 Å². The fraction of sp³-hybridized carbons (Fsp3) is 0.389. The van der Waals surface area contributed by atoms with Gasteiger partial charge in [-0.2, -0.15) is 0 Å². The molecule has 0 atom stereocenters. The monoisotopic (exact) mass is 333 g/mol. The lowest BCUT2D eigenvalue weighted by atomic mass is 10.2. The average molecular weight is 333 g/mol. The first-order valence-corrected chi connectivity index (χ1v) is 8.47. The molecule has 1 aromatic carbocycles. The predicted octanol–water partition coefficient (Wildman–Crippen LogP) is 3.71. The molecule has 0 bridgehead atoms. The van der Waals surface area contributed by atoms with Crippen LogP contribution >= 0.6 is 11.3 Å². The molecule has 0 radical (unpaired) electrons. The topological polar surface area (TPSA) is 47.6 Å². The van der Waals surface area contributed by atoms with Gasteiger partial charge in [-0.1, -0.05) is 6.07 Å². The molecule has 4 nitrogen and oxygen atoms in total. The fourth-order valence-corrected chi connectivity index (χ4v) is 3.25. The van der Waals surface area contributed by atoms with Gasteiger partial charge in [-0.15, -0.1) is 11.3 Å². The van der Waals surface area contributed by atoms with Crippen molar-refractivity contribution in [3.8, 4) is 11.5 Å². The Balaban J connectivity index is 1.75. The Bertz CT molecular complexity index is 651. The molecule has 2 rings (SSSR count). The number of aryl methyl sites for hydroxylation is 2.